The first-order chi connectivity index (χ1) is 10.4. The van der Waals surface area contributed by atoms with E-state index in [2.05, 4.69) is 0 Å². The fraction of sp³-hybridized carbons (Fsp3) is 0.556. The average molecular weight is 305 g/mol. The van der Waals surface area contributed by atoms with Crippen molar-refractivity contribution in [2.45, 2.75) is 59.5 Å². The fourth-order valence-corrected chi connectivity index (χ4v) is 2.44. The number of unbranched alkanes of at least 4 members (excludes halogenated alkanes) is 1. The minimum absolute atomic E-state index is 0.0664. The van der Waals surface area contributed by atoms with Gasteiger partial charge in [0.05, 0.1) is 17.7 Å². The maximum Gasteiger partial charge on any atom is 0.338 e. The summed E-state index contributed by atoms with van der Waals surface area (Å²) in [4.78, 5) is 26.8. The highest BCUT2D eigenvalue weighted by molar-refractivity contribution is 6.05. The molecule has 0 saturated carbocycles. The van der Waals surface area contributed by atoms with Gasteiger partial charge < -0.3 is 9.64 Å². The molecule has 0 aliphatic rings. The molecule has 0 fully saturated rings. The number of carbonyl (C=O) groups is 2. The summed E-state index contributed by atoms with van der Waals surface area (Å²) in [6, 6.07) is 7.00. The summed E-state index contributed by atoms with van der Waals surface area (Å²) in [5, 5.41) is 0. The van der Waals surface area contributed by atoms with Crippen molar-refractivity contribution in [2.24, 2.45) is 0 Å². The van der Waals surface area contributed by atoms with Crippen LogP contribution in [0, 0.1) is 0 Å². The summed E-state index contributed by atoms with van der Waals surface area (Å²) in [6.45, 7) is 10.3. The average Bonchev–Trinajstić information content (AvgIpc) is 2.46. The Bertz CT molecular complexity index is 501. The van der Waals surface area contributed by atoms with E-state index < -0.39 is 5.97 Å². The summed E-state index contributed by atoms with van der Waals surface area (Å²) in [5.41, 5.74) is 0.751. The molecule has 1 aromatic rings. The fourth-order valence-electron chi connectivity index (χ4n) is 2.44. The van der Waals surface area contributed by atoms with Gasteiger partial charge in [-0.1, -0.05) is 25.5 Å². The molecule has 0 spiro atoms. The minimum Gasteiger partial charge on any atom is -0.462 e. The summed E-state index contributed by atoms with van der Waals surface area (Å²) in [6.07, 6.45) is 1.79. The van der Waals surface area contributed by atoms with Crippen molar-refractivity contribution in [3.8, 4) is 0 Å². The molecule has 1 rings (SSSR count). The topological polar surface area (TPSA) is 46.6 Å². The van der Waals surface area contributed by atoms with Crippen molar-refractivity contribution < 1.29 is 14.3 Å². The van der Waals surface area contributed by atoms with Crippen LogP contribution < -0.4 is 0 Å². The van der Waals surface area contributed by atoms with E-state index >= 15 is 0 Å². The largest absolute Gasteiger partial charge is 0.462 e. The molecular formula is C18H27NO3. The monoisotopic (exact) mass is 305 g/mol. The zero-order valence-electron chi connectivity index (χ0n) is 14.3. The number of nitrogens with zero attached hydrogens (tertiary/aromatic N) is 1. The lowest BCUT2D eigenvalue weighted by Gasteiger charge is -2.31. The normalized spacial score (nSPS) is 10.9. The van der Waals surface area contributed by atoms with Gasteiger partial charge in [0.15, 0.2) is 0 Å². The van der Waals surface area contributed by atoms with Crippen molar-refractivity contribution in [3.63, 3.8) is 0 Å². The van der Waals surface area contributed by atoms with Crippen LogP contribution in [-0.4, -0.2) is 35.5 Å². The van der Waals surface area contributed by atoms with Crippen LogP contribution >= 0.6 is 0 Å². The van der Waals surface area contributed by atoms with Crippen molar-refractivity contribution in [3.05, 3.63) is 35.4 Å². The van der Waals surface area contributed by atoms with E-state index in [1.165, 1.54) is 0 Å². The Morgan fingerprint density at radius 1 is 1.05 bits per heavy atom. The molecule has 0 bridgehead atoms. The van der Waals surface area contributed by atoms with Crippen LogP contribution in [0.1, 0.15) is 68.2 Å². The molecule has 0 saturated heterocycles. The highest BCUT2D eigenvalue weighted by Crippen LogP contribution is 2.17. The van der Waals surface area contributed by atoms with Gasteiger partial charge >= 0.3 is 5.97 Å². The molecule has 0 aliphatic carbocycles. The number of hydrogen-bond donors (Lipinski definition) is 0. The summed E-state index contributed by atoms with van der Waals surface area (Å²) >= 11 is 0. The number of esters is 1. The lowest BCUT2D eigenvalue weighted by atomic mass is 10.0. The molecule has 0 heterocycles. The maximum absolute atomic E-state index is 12.8. The van der Waals surface area contributed by atoms with Gasteiger partial charge in [-0.15, -0.1) is 0 Å². The zero-order valence-corrected chi connectivity index (χ0v) is 14.3. The number of rotatable bonds is 7. The molecule has 122 valence electrons. The van der Waals surface area contributed by atoms with E-state index in [-0.39, 0.29) is 18.0 Å². The third kappa shape index (κ3) is 4.58. The van der Waals surface area contributed by atoms with E-state index in [1.54, 1.807) is 29.2 Å². The first-order valence-corrected chi connectivity index (χ1v) is 7.98. The molecule has 0 aliphatic heterocycles. The predicted molar refractivity (Wildman–Crippen MR) is 88.1 cm³/mol. The maximum atomic E-state index is 12.8. The van der Waals surface area contributed by atoms with Crippen LogP contribution in [0.5, 0.6) is 0 Å². The predicted octanol–water partition coefficient (Wildman–Crippen LogP) is 3.90. The summed E-state index contributed by atoms with van der Waals surface area (Å²) in [5.74, 6) is -0.557. The Kier molecular flexibility index (Phi) is 7.09. The first-order valence-electron chi connectivity index (χ1n) is 7.98. The molecule has 4 heteroatoms. The second-order valence-electron chi connectivity index (χ2n) is 5.93. The standard InChI is InChI=1S/C18H27NO3/c1-6-7-12-22-18(21)16-11-9-8-10-15(16)17(20)19(13(2)3)14(4)5/h8-11,13-14H,6-7,12H2,1-5H3. The molecular weight excluding hydrogens is 278 g/mol. The number of ether oxygens (including phenoxy) is 1. The molecule has 1 aromatic carbocycles. The summed E-state index contributed by atoms with van der Waals surface area (Å²) < 4.78 is 5.25. The van der Waals surface area contributed by atoms with Crippen molar-refractivity contribution >= 4 is 11.9 Å². The lowest BCUT2D eigenvalue weighted by Crippen LogP contribution is -2.42. The van der Waals surface area contributed by atoms with Crippen LogP contribution in [0.4, 0.5) is 0 Å². The highest BCUT2D eigenvalue weighted by atomic mass is 16.5. The van der Waals surface area contributed by atoms with Crippen LogP contribution in [0.25, 0.3) is 0 Å². The molecule has 0 aromatic heterocycles. The van der Waals surface area contributed by atoms with Crippen molar-refractivity contribution in [2.75, 3.05) is 6.61 Å². The molecule has 0 radical (unpaired) electrons. The van der Waals surface area contributed by atoms with Crippen LogP contribution in [0.15, 0.2) is 24.3 Å². The van der Waals surface area contributed by atoms with Crippen molar-refractivity contribution in [1.29, 1.82) is 0 Å². The molecule has 4 nitrogen and oxygen atoms in total. The molecule has 1 amide bonds. The number of hydrogen-bond acceptors (Lipinski definition) is 3. The van der Waals surface area contributed by atoms with Gasteiger partial charge in [-0.2, -0.15) is 0 Å². The second kappa shape index (κ2) is 8.57. The van der Waals surface area contributed by atoms with Gasteiger partial charge in [-0.05, 0) is 46.2 Å². The van der Waals surface area contributed by atoms with E-state index in [0.717, 1.165) is 12.8 Å². The Hall–Kier alpha value is -1.84. The van der Waals surface area contributed by atoms with E-state index in [9.17, 15) is 9.59 Å². The Morgan fingerprint density at radius 3 is 2.09 bits per heavy atom. The van der Waals surface area contributed by atoms with E-state index in [4.69, 9.17) is 4.74 Å². The Labute approximate surface area is 133 Å². The summed E-state index contributed by atoms with van der Waals surface area (Å²) in [7, 11) is 0. The lowest BCUT2D eigenvalue weighted by molar-refractivity contribution is 0.0487. The Morgan fingerprint density at radius 2 is 1.59 bits per heavy atom. The van der Waals surface area contributed by atoms with Gasteiger partial charge in [-0.25, -0.2) is 4.79 Å². The molecule has 0 atom stereocenters. The molecule has 22 heavy (non-hydrogen) atoms. The number of benzene rings is 1. The van der Waals surface area contributed by atoms with Gasteiger partial charge in [0, 0.05) is 12.1 Å². The zero-order chi connectivity index (χ0) is 16.7. The molecule has 0 N–H and O–H groups in total. The van der Waals surface area contributed by atoms with Gasteiger partial charge in [0.1, 0.15) is 0 Å². The van der Waals surface area contributed by atoms with Gasteiger partial charge in [-0.3, -0.25) is 4.79 Å². The quantitative estimate of drug-likeness (QED) is 0.567. The highest BCUT2D eigenvalue weighted by Gasteiger charge is 2.25. The van der Waals surface area contributed by atoms with Crippen LogP contribution in [0.2, 0.25) is 0 Å². The smallest absolute Gasteiger partial charge is 0.338 e. The Balaban J connectivity index is 3.04. The minimum atomic E-state index is -0.426. The number of carbonyl (C=O) groups excluding carboxylic acids is 2. The van der Waals surface area contributed by atoms with Crippen LogP contribution in [-0.2, 0) is 4.74 Å². The SMILES string of the molecule is CCCCOC(=O)c1ccccc1C(=O)N(C(C)C)C(C)C. The third-order valence-electron chi connectivity index (χ3n) is 3.46. The molecule has 0 unspecified atom stereocenters. The van der Waals surface area contributed by atoms with Gasteiger partial charge in [0.25, 0.3) is 5.91 Å². The second-order valence-corrected chi connectivity index (χ2v) is 5.93. The van der Waals surface area contributed by atoms with Crippen molar-refractivity contribution in [1.82, 2.24) is 4.90 Å². The van der Waals surface area contributed by atoms with Crippen LogP contribution in [0.3, 0.4) is 0 Å². The first kappa shape index (κ1) is 18.2. The van der Waals surface area contributed by atoms with E-state index in [0.29, 0.717) is 17.7 Å². The third-order valence-corrected chi connectivity index (χ3v) is 3.46. The van der Waals surface area contributed by atoms with Gasteiger partial charge in [0.2, 0.25) is 0 Å². The number of amides is 1. The van der Waals surface area contributed by atoms with E-state index in [1.807, 2.05) is 34.6 Å².